The van der Waals surface area contributed by atoms with E-state index in [2.05, 4.69) is 31.5 Å². The minimum atomic E-state index is -1.12. The highest BCUT2D eigenvalue weighted by atomic mass is 79.9. The number of urea groups is 1. The minimum Gasteiger partial charge on any atom is -0.478 e. The fourth-order valence-electron chi connectivity index (χ4n) is 1.53. The lowest BCUT2D eigenvalue weighted by Gasteiger charge is -2.10. The standard InChI is InChI=1S/C13H10BrN3O3/c14-8-3-4-10(12(18)19)11(6-8)17-13(20)16-9-2-1-5-15-7-9/h1-7H,(H,18,19)(H2,16,17,20). The van der Waals surface area contributed by atoms with E-state index in [1.165, 1.54) is 18.3 Å². The van der Waals surface area contributed by atoms with Crippen LogP contribution < -0.4 is 10.6 Å². The number of carbonyl (C=O) groups is 2. The van der Waals surface area contributed by atoms with Crippen molar-refractivity contribution in [1.82, 2.24) is 4.98 Å². The second-order valence-corrected chi connectivity index (χ2v) is 4.73. The van der Waals surface area contributed by atoms with Crippen LogP contribution in [0, 0.1) is 0 Å². The van der Waals surface area contributed by atoms with Crippen molar-refractivity contribution >= 4 is 39.3 Å². The number of pyridine rings is 1. The van der Waals surface area contributed by atoms with Crippen molar-refractivity contribution < 1.29 is 14.7 Å². The largest absolute Gasteiger partial charge is 0.478 e. The van der Waals surface area contributed by atoms with Crippen molar-refractivity contribution in [2.75, 3.05) is 10.6 Å². The van der Waals surface area contributed by atoms with E-state index in [0.29, 0.717) is 10.2 Å². The minimum absolute atomic E-state index is 0.00883. The lowest BCUT2D eigenvalue weighted by atomic mass is 10.2. The van der Waals surface area contributed by atoms with Crippen molar-refractivity contribution in [1.29, 1.82) is 0 Å². The van der Waals surface area contributed by atoms with Gasteiger partial charge in [0.25, 0.3) is 0 Å². The van der Waals surface area contributed by atoms with Gasteiger partial charge in [-0.3, -0.25) is 4.98 Å². The average molecular weight is 336 g/mol. The van der Waals surface area contributed by atoms with Gasteiger partial charge in [-0.25, -0.2) is 9.59 Å². The second-order valence-electron chi connectivity index (χ2n) is 3.82. The normalized spacial score (nSPS) is 9.85. The topological polar surface area (TPSA) is 91.3 Å². The van der Waals surface area contributed by atoms with Crippen LogP contribution in [0.2, 0.25) is 0 Å². The molecule has 0 aliphatic rings. The summed E-state index contributed by atoms with van der Waals surface area (Å²) in [4.78, 5) is 26.7. The van der Waals surface area contributed by atoms with Gasteiger partial charge in [0.05, 0.1) is 23.1 Å². The fraction of sp³-hybridized carbons (Fsp3) is 0. The summed E-state index contributed by atoms with van der Waals surface area (Å²) in [6.07, 6.45) is 3.07. The maximum Gasteiger partial charge on any atom is 0.337 e. The van der Waals surface area contributed by atoms with Gasteiger partial charge in [0.15, 0.2) is 0 Å². The maximum atomic E-state index is 11.8. The molecule has 0 saturated heterocycles. The molecule has 2 rings (SSSR count). The molecule has 0 spiro atoms. The van der Waals surface area contributed by atoms with Crippen LogP contribution in [0.4, 0.5) is 16.2 Å². The number of carbonyl (C=O) groups excluding carboxylic acids is 1. The molecular formula is C13H10BrN3O3. The molecule has 0 fully saturated rings. The molecule has 7 heteroatoms. The molecule has 0 atom stereocenters. The molecule has 2 aromatic rings. The van der Waals surface area contributed by atoms with E-state index in [-0.39, 0.29) is 11.3 Å². The highest BCUT2D eigenvalue weighted by Crippen LogP contribution is 2.21. The molecular weight excluding hydrogens is 326 g/mol. The third-order valence-corrected chi connectivity index (χ3v) is 2.87. The molecule has 0 aliphatic carbocycles. The Kier molecular flexibility index (Phi) is 4.31. The summed E-state index contributed by atoms with van der Waals surface area (Å²) in [5.74, 6) is -1.12. The molecule has 0 unspecified atom stereocenters. The Morgan fingerprint density at radius 1 is 1.20 bits per heavy atom. The number of hydrogen-bond acceptors (Lipinski definition) is 3. The van der Waals surface area contributed by atoms with Gasteiger partial charge in [-0.05, 0) is 30.3 Å². The number of aromatic nitrogens is 1. The summed E-state index contributed by atoms with van der Waals surface area (Å²) in [6, 6.07) is 7.33. The first-order valence-corrected chi connectivity index (χ1v) is 6.36. The Hall–Kier alpha value is -2.41. The Bertz CT molecular complexity index is 647. The van der Waals surface area contributed by atoms with Gasteiger partial charge in [-0.15, -0.1) is 0 Å². The first-order chi connectivity index (χ1) is 9.56. The SMILES string of the molecule is O=C(Nc1cccnc1)Nc1cc(Br)ccc1C(=O)O. The van der Waals surface area contributed by atoms with Crippen molar-refractivity contribution in [3.63, 3.8) is 0 Å². The van der Waals surface area contributed by atoms with Crippen molar-refractivity contribution in [2.45, 2.75) is 0 Å². The Morgan fingerprint density at radius 2 is 2.00 bits per heavy atom. The fourth-order valence-corrected chi connectivity index (χ4v) is 1.89. The van der Waals surface area contributed by atoms with Gasteiger partial charge >= 0.3 is 12.0 Å². The van der Waals surface area contributed by atoms with Crippen LogP contribution in [-0.4, -0.2) is 22.1 Å². The lowest BCUT2D eigenvalue weighted by Crippen LogP contribution is -2.21. The molecule has 0 bridgehead atoms. The zero-order valence-electron chi connectivity index (χ0n) is 10.1. The molecule has 2 amide bonds. The quantitative estimate of drug-likeness (QED) is 0.803. The number of amides is 2. The molecule has 0 radical (unpaired) electrons. The molecule has 3 N–H and O–H groups in total. The Labute approximate surface area is 123 Å². The number of nitrogens with zero attached hydrogens (tertiary/aromatic N) is 1. The smallest absolute Gasteiger partial charge is 0.337 e. The Morgan fingerprint density at radius 3 is 2.65 bits per heavy atom. The molecule has 0 aliphatic heterocycles. The summed E-state index contributed by atoms with van der Waals surface area (Å²) < 4.78 is 0.666. The van der Waals surface area contributed by atoms with Crippen LogP contribution in [0.15, 0.2) is 47.2 Å². The summed E-state index contributed by atoms with van der Waals surface area (Å²) in [7, 11) is 0. The van der Waals surface area contributed by atoms with Crippen molar-refractivity contribution in [3.05, 3.63) is 52.8 Å². The molecule has 1 aromatic heterocycles. The third kappa shape index (κ3) is 3.55. The van der Waals surface area contributed by atoms with Gasteiger partial charge < -0.3 is 15.7 Å². The second kappa shape index (κ2) is 6.16. The first-order valence-electron chi connectivity index (χ1n) is 5.57. The van der Waals surface area contributed by atoms with Crippen LogP contribution in [0.5, 0.6) is 0 Å². The van der Waals surface area contributed by atoms with Gasteiger partial charge in [0.1, 0.15) is 0 Å². The Balaban J connectivity index is 2.15. The molecule has 0 saturated carbocycles. The van der Waals surface area contributed by atoms with Crippen molar-refractivity contribution in [2.24, 2.45) is 0 Å². The number of aromatic carboxylic acids is 1. The number of hydrogen-bond donors (Lipinski definition) is 3. The summed E-state index contributed by atoms with van der Waals surface area (Å²) in [6.45, 7) is 0. The van der Waals surface area contributed by atoms with Gasteiger partial charge in [0.2, 0.25) is 0 Å². The number of halogens is 1. The number of carboxylic acid groups (broad SMARTS) is 1. The third-order valence-electron chi connectivity index (χ3n) is 2.38. The van der Waals surface area contributed by atoms with Crippen LogP contribution in [-0.2, 0) is 0 Å². The summed E-state index contributed by atoms with van der Waals surface area (Å²) >= 11 is 3.23. The average Bonchev–Trinajstić information content (AvgIpc) is 2.39. The number of nitrogens with one attached hydrogen (secondary N) is 2. The number of rotatable bonds is 3. The molecule has 1 heterocycles. The lowest BCUT2D eigenvalue weighted by molar-refractivity contribution is 0.0698. The molecule has 20 heavy (non-hydrogen) atoms. The molecule has 1 aromatic carbocycles. The monoisotopic (exact) mass is 335 g/mol. The van der Waals surface area contributed by atoms with Gasteiger partial charge in [0, 0.05) is 10.7 Å². The predicted molar refractivity (Wildman–Crippen MR) is 78.0 cm³/mol. The van der Waals surface area contributed by atoms with E-state index in [0.717, 1.165) is 0 Å². The molecule has 102 valence electrons. The van der Waals surface area contributed by atoms with Gasteiger partial charge in [-0.2, -0.15) is 0 Å². The summed E-state index contributed by atoms with van der Waals surface area (Å²) in [5.41, 5.74) is 0.722. The van der Waals surface area contributed by atoms with Crippen molar-refractivity contribution in [3.8, 4) is 0 Å². The van der Waals surface area contributed by atoms with E-state index in [1.54, 1.807) is 24.4 Å². The van der Waals surface area contributed by atoms with E-state index >= 15 is 0 Å². The van der Waals surface area contributed by atoms with E-state index in [9.17, 15) is 9.59 Å². The zero-order valence-corrected chi connectivity index (χ0v) is 11.7. The number of carboxylic acids is 1. The van der Waals surface area contributed by atoms with Crippen LogP contribution in [0.25, 0.3) is 0 Å². The van der Waals surface area contributed by atoms with Crippen LogP contribution >= 0.6 is 15.9 Å². The van der Waals surface area contributed by atoms with E-state index in [1.807, 2.05) is 0 Å². The van der Waals surface area contributed by atoms with E-state index < -0.39 is 12.0 Å². The zero-order chi connectivity index (χ0) is 14.5. The maximum absolute atomic E-state index is 11.8. The highest BCUT2D eigenvalue weighted by molar-refractivity contribution is 9.10. The summed E-state index contributed by atoms with van der Waals surface area (Å²) in [5, 5.41) is 14.1. The number of anilines is 2. The highest BCUT2D eigenvalue weighted by Gasteiger charge is 2.12. The number of benzene rings is 1. The molecule has 6 nitrogen and oxygen atoms in total. The van der Waals surface area contributed by atoms with E-state index in [4.69, 9.17) is 5.11 Å². The first kappa shape index (κ1) is 14.0. The van der Waals surface area contributed by atoms with Gasteiger partial charge in [-0.1, -0.05) is 15.9 Å². The van der Waals surface area contributed by atoms with Crippen LogP contribution in [0.3, 0.4) is 0 Å². The predicted octanol–water partition coefficient (Wildman–Crippen LogP) is 3.19. The van der Waals surface area contributed by atoms with Crippen LogP contribution in [0.1, 0.15) is 10.4 Å².